The summed E-state index contributed by atoms with van der Waals surface area (Å²) in [6, 6.07) is 0. The molecule has 3 N–H and O–H groups in total. The van der Waals surface area contributed by atoms with Crippen molar-refractivity contribution in [1.29, 1.82) is 0 Å². The Morgan fingerprint density at radius 2 is 2.00 bits per heavy atom. The first-order valence-electron chi connectivity index (χ1n) is 5.53. The van der Waals surface area contributed by atoms with Crippen molar-refractivity contribution in [3.8, 4) is 0 Å². The first-order chi connectivity index (χ1) is 6.27. The van der Waals surface area contributed by atoms with E-state index in [0.29, 0.717) is 6.17 Å². The third-order valence-electron chi connectivity index (χ3n) is 2.37. The van der Waals surface area contributed by atoms with E-state index in [4.69, 9.17) is 5.73 Å². The van der Waals surface area contributed by atoms with Gasteiger partial charge < -0.3 is 5.73 Å². The molecule has 1 heterocycles. The van der Waals surface area contributed by atoms with Crippen LogP contribution in [0.2, 0.25) is 0 Å². The Hall–Kier alpha value is -0.120. The maximum absolute atomic E-state index is 5.78. The Morgan fingerprint density at radius 3 is 2.46 bits per heavy atom. The highest BCUT2D eigenvalue weighted by Crippen LogP contribution is 2.08. The average molecular weight is 187 g/mol. The SMILES string of the molecule is CC.CCC1NC(N)CCN1CC. The summed E-state index contributed by atoms with van der Waals surface area (Å²) in [7, 11) is 0. The zero-order valence-corrected chi connectivity index (χ0v) is 9.51. The van der Waals surface area contributed by atoms with E-state index in [0.717, 1.165) is 25.9 Å². The van der Waals surface area contributed by atoms with Crippen LogP contribution in [0.3, 0.4) is 0 Å². The van der Waals surface area contributed by atoms with E-state index in [1.807, 2.05) is 13.8 Å². The van der Waals surface area contributed by atoms with E-state index in [9.17, 15) is 0 Å². The lowest BCUT2D eigenvalue weighted by molar-refractivity contribution is 0.107. The molecule has 3 heteroatoms. The highest BCUT2D eigenvalue weighted by atomic mass is 15.3. The minimum Gasteiger partial charge on any atom is -0.316 e. The molecule has 0 aromatic carbocycles. The lowest BCUT2D eigenvalue weighted by Gasteiger charge is -2.38. The van der Waals surface area contributed by atoms with Gasteiger partial charge in [0, 0.05) is 6.54 Å². The average Bonchev–Trinajstić information content (AvgIpc) is 2.20. The van der Waals surface area contributed by atoms with Crippen molar-refractivity contribution in [2.75, 3.05) is 13.1 Å². The second kappa shape index (κ2) is 7.30. The van der Waals surface area contributed by atoms with Gasteiger partial charge in [-0.2, -0.15) is 0 Å². The predicted molar refractivity (Wildman–Crippen MR) is 58.4 cm³/mol. The third kappa shape index (κ3) is 4.07. The number of nitrogens with one attached hydrogen (secondary N) is 1. The van der Waals surface area contributed by atoms with Gasteiger partial charge in [0.1, 0.15) is 0 Å². The molecule has 3 nitrogen and oxygen atoms in total. The highest BCUT2D eigenvalue weighted by molar-refractivity contribution is 4.77. The zero-order valence-electron chi connectivity index (χ0n) is 9.51. The van der Waals surface area contributed by atoms with Crippen LogP contribution in [-0.2, 0) is 0 Å². The first-order valence-corrected chi connectivity index (χ1v) is 5.53. The normalized spacial score (nSPS) is 29.3. The fourth-order valence-electron chi connectivity index (χ4n) is 1.65. The van der Waals surface area contributed by atoms with Crippen LogP contribution in [0.25, 0.3) is 0 Å². The molecule has 0 saturated carbocycles. The van der Waals surface area contributed by atoms with Crippen LogP contribution in [0.1, 0.15) is 40.5 Å². The molecule has 1 rings (SSSR count). The van der Waals surface area contributed by atoms with E-state index < -0.39 is 0 Å². The van der Waals surface area contributed by atoms with E-state index in [1.54, 1.807) is 0 Å². The van der Waals surface area contributed by atoms with E-state index in [1.165, 1.54) is 0 Å². The molecule has 0 amide bonds. The minimum atomic E-state index is 0.211. The molecule has 0 bridgehead atoms. The first kappa shape index (κ1) is 12.9. The number of rotatable bonds is 2. The quantitative estimate of drug-likeness (QED) is 0.685. The Kier molecular flexibility index (Phi) is 7.23. The van der Waals surface area contributed by atoms with Crippen LogP contribution in [-0.4, -0.2) is 30.3 Å². The Morgan fingerprint density at radius 1 is 1.38 bits per heavy atom. The summed E-state index contributed by atoms with van der Waals surface area (Å²) in [6.45, 7) is 10.7. The monoisotopic (exact) mass is 187 g/mol. The van der Waals surface area contributed by atoms with Crippen LogP contribution in [0.15, 0.2) is 0 Å². The van der Waals surface area contributed by atoms with Gasteiger partial charge in [-0.3, -0.25) is 10.2 Å². The molecular formula is C10H25N3. The summed E-state index contributed by atoms with van der Waals surface area (Å²) in [6.07, 6.45) is 2.93. The van der Waals surface area contributed by atoms with Crippen LogP contribution >= 0.6 is 0 Å². The molecule has 13 heavy (non-hydrogen) atoms. The topological polar surface area (TPSA) is 41.3 Å². The summed E-state index contributed by atoms with van der Waals surface area (Å²) in [5, 5.41) is 3.37. The molecule has 1 saturated heterocycles. The smallest absolute Gasteiger partial charge is 0.0606 e. The maximum Gasteiger partial charge on any atom is 0.0606 e. The fourth-order valence-corrected chi connectivity index (χ4v) is 1.65. The van der Waals surface area contributed by atoms with Crippen molar-refractivity contribution in [3.63, 3.8) is 0 Å². The molecule has 0 aromatic rings. The van der Waals surface area contributed by atoms with Gasteiger partial charge in [0.25, 0.3) is 0 Å². The van der Waals surface area contributed by atoms with Gasteiger partial charge in [-0.1, -0.05) is 27.7 Å². The van der Waals surface area contributed by atoms with Gasteiger partial charge in [0.15, 0.2) is 0 Å². The van der Waals surface area contributed by atoms with Gasteiger partial charge in [-0.05, 0) is 19.4 Å². The zero-order chi connectivity index (χ0) is 10.3. The van der Waals surface area contributed by atoms with Crippen LogP contribution in [0, 0.1) is 0 Å². The van der Waals surface area contributed by atoms with Crippen molar-refractivity contribution in [2.24, 2.45) is 5.73 Å². The maximum atomic E-state index is 5.78. The Bertz CT molecular complexity index is 117. The minimum absolute atomic E-state index is 0.211. The standard InChI is InChI=1S/C8H19N3.C2H6/c1-3-8-10-7(9)5-6-11(8)4-2;1-2/h7-8,10H,3-6,9H2,1-2H3;1-2H3. The van der Waals surface area contributed by atoms with Crippen LogP contribution < -0.4 is 11.1 Å². The summed E-state index contributed by atoms with van der Waals surface area (Å²) in [4.78, 5) is 2.43. The second-order valence-corrected chi connectivity index (χ2v) is 3.11. The van der Waals surface area contributed by atoms with Gasteiger partial charge in [-0.25, -0.2) is 0 Å². The molecule has 80 valence electrons. The summed E-state index contributed by atoms with van der Waals surface area (Å²) >= 11 is 0. The molecular weight excluding hydrogens is 162 g/mol. The summed E-state index contributed by atoms with van der Waals surface area (Å²) < 4.78 is 0. The van der Waals surface area contributed by atoms with Crippen molar-refractivity contribution in [2.45, 2.75) is 52.9 Å². The number of nitrogens with two attached hydrogens (primary N) is 1. The van der Waals surface area contributed by atoms with E-state index in [-0.39, 0.29) is 6.17 Å². The third-order valence-corrected chi connectivity index (χ3v) is 2.37. The van der Waals surface area contributed by atoms with Gasteiger partial charge in [0.05, 0.1) is 12.3 Å². The number of hydrogen-bond acceptors (Lipinski definition) is 3. The molecule has 0 radical (unpaired) electrons. The second-order valence-electron chi connectivity index (χ2n) is 3.11. The predicted octanol–water partition coefficient (Wildman–Crippen LogP) is 1.35. The molecule has 1 aliphatic heterocycles. The Labute approximate surface area is 82.7 Å². The lowest BCUT2D eigenvalue weighted by atomic mass is 10.2. The lowest BCUT2D eigenvalue weighted by Crippen LogP contribution is -2.58. The van der Waals surface area contributed by atoms with Crippen molar-refractivity contribution in [1.82, 2.24) is 10.2 Å². The number of nitrogens with zero attached hydrogens (tertiary/aromatic N) is 1. The molecule has 1 aliphatic rings. The summed E-state index contributed by atoms with van der Waals surface area (Å²) in [5.74, 6) is 0. The fraction of sp³-hybridized carbons (Fsp3) is 1.00. The molecule has 0 spiro atoms. The van der Waals surface area contributed by atoms with Gasteiger partial charge in [-0.15, -0.1) is 0 Å². The molecule has 0 aliphatic carbocycles. The van der Waals surface area contributed by atoms with Gasteiger partial charge in [0.2, 0.25) is 0 Å². The van der Waals surface area contributed by atoms with E-state index in [2.05, 4.69) is 24.1 Å². The van der Waals surface area contributed by atoms with Gasteiger partial charge >= 0.3 is 0 Å². The van der Waals surface area contributed by atoms with Crippen LogP contribution in [0.5, 0.6) is 0 Å². The van der Waals surface area contributed by atoms with Crippen molar-refractivity contribution < 1.29 is 0 Å². The molecule has 2 unspecified atom stereocenters. The highest BCUT2D eigenvalue weighted by Gasteiger charge is 2.22. The van der Waals surface area contributed by atoms with Crippen LogP contribution in [0.4, 0.5) is 0 Å². The molecule has 2 atom stereocenters. The number of hydrogen-bond donors (Lipinski definition) is 2. The molecule has 1 fully saturated rings. The Balaban J connectivity index is 0.000000671. The summed E-state index contributed by atoms with van der Waals surface area (Å²) in [5.41, 5.74) is 5.78. The largest absolute Gasteiger partial charge is 0.316 e. The van der Waals surface area contributed by atoms with E-state index >= 15 is 0 Å². The van der Waals surface area contributed by atoms with Crippen molar-refractivity contribution in [3.05, 3.63) is 0 Å². The van der Waals surface area contributed by atoms with Crippen molar-refractivity contribution >= 4 is 0 Å². The molecule has 0 aromatic heterocycles.